The van der Waals surface area contributed by atoms with Gasteiger partial charge in [0, 0.05) is 6.54 Å². The summed E-state index contributed by atoms with van der Waals surface area (Å²) in [6, 6.07) is -0.0536. The zero-order chi connectivity index (χ0) is 9.68. The van der Waals surface area contributed by atoms with Gasteiger partial charge in [0.05, 0.1) is 0 Å². The highest BCUT2D eigenvalue weighted by Crippen LogP contribution is 2.06. The number of hydrogen-bond acceptors (Lipinski definition) is 4. The monoisotopic (exact) mass is 186 g/mol. The van der Waals surface area contributed by atoms with E-state index in [2.05, 4.69) is 5.32 Å². The summed E-state index contributed by atoms with van der Waals surface area (Å²) in [6.07, 6.45) is 1.99. The molecular formula is C9H18N2O2. The van der Waals surface area contributed by atoms with E-state index < -0.39 is 0 Å². The highest BCUT2D eigenvalue weighted by molar-refractivity contribution is 5.76. The molecule has 4 nitrogen and oxygen atoms in total. The lowest BCUT2D eigenvalue weighted by molar-refractivity contribution is -0.146. The zero-order valence-electron chi connectivity index (χ0n) is 8.38. The Morgan fingerprint density at radius 2 is 2.38 bits per heavy atom. The van der Waals surface area contributed by atoms with Gasteiger partial charge in [0.1, 0.15) is 12.6 Å². The number of carbonyl (C=O) groups is 1. The van der Waals surface area contributed by atoms with E-state index in [1.165, 1.54) is 0 Å². The van der Waals surface area contributed by atoms with Gasteiger partial charge >= 0.3 is 5.97 Å². The molecule has 0 aliphatic carbocycles. The van der Waals surface area contributed by atoms with Crippen LogP contribution in [-0.4, -0.2) is 50.7 Å². The van der Waals surface area contributed by atoms with E-state index in [9.17, 15) is 4.79 Å². The Morgan fingerprint density at radius 3 is 2.92 bits per heavy atom. The van der Waals surface area contributed by atoms with Gasteiger partial charge in [0.25, 0.3) is 0 Å². The number of hydrogen-bond donors (Lipinski definition) is 1. The van der Waals surface area contributed by atoms with E-state index in [4.69, 9.17) is 4.74 Å². The first kappa shape index (κ1) is 10.5. The predicted molar refractivity (Wildman–Crippen MR) is 50.5 cm³/mol. The standard InChI is InChI=1S/C9H18N2O2/c1-11(2)6-7-13-9(12)8-4-3-5-10-8/h8,10H,3-7H2,1-2H3. The van der Waals surface area contributed by atoms with Gasteiger partial charge in [0.2, 0.25) is 0 Å². The average molecular weight is 186 g/mol. The van der Waals surface area contributed by atoms with Crippen molar-refractivity contribution in [2.75, 3.05) is 33.8 Å². The third-order valence-electron chi connectivity index (χ3n) is 2.13. The fourth-order valence-corrected chi connectivity index (χ4v) is 1.32. The maximum Gasteiger partial charge on any atom is 0.323 e. The molecule has 1 fully saturated rings. The molecule has 1 atom stereocenters. The van der Waals surface area contributed by atoms with Gasteiger partial charge in [-0.15, -0.1) is 0 Å². The first-order valence-corrected chi connectivity index (χ1v) is 4.75. The van der Waals surface area contributed by atoms with E-state index in [1.807, 2.05) is 19.0 Å². The summed E-state index contributed by atoms with van der Waals surface area (Å²) in [5.74, 6) is -0.0978. The number of likely N-dealkylation sites (N-methyl/N-ethyl adjacent to an activating group) is 1. The largest absolute Gasteiger partial charge is 0.463 e. The molecule has 0 spiro atoms. The lowest BCUT2D eigenvalue weighted by atomic mass is 10.2. The minimum atomic E-state index is -0.0978. The van der Waals surface area contributed by atoms with Crippen LogP contribution in [0.15, 0.2) is 0 Å². The number of rotatable bonds is 4. The SMILES string of the molecule is CN(C)CCOC(=O)C1CCCN1. The lowest BCUT2D eigenvalue weighted by Gasteiger charge is -2.12. The van der Waals surface area contributed by atoms with Crippen LogP contribution < -0.4 is 5.32 Å². The van der Waals surface area contributed by atoms with Crippen LogP contribution in [0.5, 0.6) is 0 Å². The molecule has 1 saturated heterocycles. The van der Waals surface area contributed by atoms with Crippen molar-refractivity contribution in [1.29, 1.82) is 0 Å². The van der Waals surface area contributed by atoms with E-state index in [0.29, 0.717) is 6.61 Å². The summed E-state index contributed by atoms with van der Waals surface area (Å²) in [5, 5.41) is 3.11. The molecule has 0 aromatic rings. The summed E-state index contributed by atoms with van der Waals surface area (Å²) < 4.78 is 5.09. The van der Waals surface area contributed by atoms with Crippen molar-refractivity contribution in [2.24, 2.45) is 0 Å². The molecule has 0 aromatic carbocycles. The van der Waals surface area contributed by atoms with E-state index in [-0.39, 0.29) is 12.0 Å². The Kier molecular flexibility index (Phi) is 4.18. The maximum atomic E-state index is 11.3. The quantitative estimate of drug-likeness (QED) is 0.620. The molecule has 0 saturated carbocycles. The summed E-state index contributed by atoms with van der Waals surface area (Å²) in [5.41, 5.74) is 0. The van der Waals surface area contributed by atoms with Gasteiger partial charge in [-0.1, -0.05) is 0 Å². The van der Waals surface area contributed by atoms with Crippen LogP contribution in [0.3, 0.4) is 0 Å². The van der Waals surface area contributed by atoms with Crippen molar-refractivity contribution in [3.63, 3.8) is 0 Å². The third-order valence-corrected chi connectivity index (χ3v) is 2.13. The van der Waals surface area contributed by atoms with Crippen LogP contribution in [-0.2, 0) is 9.53 Å². The van der Waals surface area contributed by atoms with Crippen molar-refractivity contribution < 1.29 is 9.53 Å². The van der Waals surface area contributed by atoms with Gasteiger partial charge in [-0.25, -0.2) is 0 Å². The number of esters is 1. The van der Waals surface area contributed by atoms with Crippen LogP contribution in [0.1, 0.15) is 12.8 Å². The first-order chi connectivity index (χ1) is 6.20. The molecule has 1 heterocycles. The lowest BCUT2D eigenvalue weighted by Crippen LogP contribution is -2.33. The van der Waals surface area contributed by atoms with Gasteiger partial charge in [-0.2, -0.15) is 0 Å². The second-order valence-electron chi connectivity index (χ2n) is 3.62. The summed E-state index contributed by atoms with van der Waals surface area (Å²) in [4.78, 5) is 13.3. The summed E-state index contributed by atoms with van der Waals surface area (Å²) in [7, 11) is 3.92. The van der Waals surface area contributed by atoms with Crippen molar-refractivity contribution in [3.05, 3.63) is 0 Å². The van der Waals surface area contributed by atoms with Crippen molar-refractivity contribution in [1.82, 2.24) is 10.2 Å². The molecule has 1 N–H and O–H groups in total. The van der Waals surface area contributed by atoms with E-state index >= 15 is 0 Å². The molecule has 1 rings (SSSR count). The molecule has 1 aliphatic heterocycles. The highest BCUT2D eigenvalue weighted by Gasteiger charge is 2.22. The van der Waals surface area contributed by atoms with Crippen molar-refractivity contribution >= 4 is 5.97 Å². The molecule has 0 radical (unpaired) electrons. The molecule has 13 heavy (non-hydrogen) atoms. The summed E-state index contributed by atoms with van der Waals surface area (Å²) >= 11 is 0. The fourth-order valence-electron chi connectivity index (χ4n) is 1.32. The van der Waals surface area contributed by atoms with Gasteiger partial charge < -0.3 is 15.0 Å². The minimum absolute atomic E-state index is 0.0536. The number of ether oxygens (including phenoxy) is 1. The Morgan fingerprint density at radius 1 is 1.62 bits per heavy atom. The molecular weight excluding hydrogens is 168 g/mol. The number of carbonyl (C=O) groups excluding carboxylic acids is 1. The Labute approximate surface area is 79.2 Å². The van der Waals surface area contributed by atoms with Crippen LogP contribution in [0.2, 0.25) is 0 Å². The third kappa shape index (κ3) is 3.74. The normalized spacial score (nSPS) is 22.2. The van der Waals surface area contributed by atoms with Gasteiger partial charge in [-0.05, 0) is 33.5 Å². The second-order valence-corrected chi connectivity index (χ2v) is 3.62. The van der Waals surface area contributed by atoms with Crippen LogP contribution in [0, 0.1) is 0 Å². The fraction of sp³-hybridized carbons (Fsp3) is 0.889. The Bertz CT molecular complexity index is 165. The van der Waals surface area contributed by atoms with Crippen molar-refractivity contribution in [2.45, 2.75) is 18.9 Å². The predicted octanol–water partition coefficient (Wildman–Crippen LogP) is -0.157. The number of nitrogens with zero attached hydrogens (tertiary/aromatic N) is 1. The maximum absolute atomic E-state index is 11.3. The molecule has 0 bridgehead atoms. The van der Waals surface area contributed by atoms with Crippen LogP contribution in [0.25, 0.3) is 0 Å². The molecule has 76 valence electrons. The topological polar surface area (TPSA) is 41.6 Å². The van der Waals surface area contributed by atoms with Crippen LogP contribution in [0.4, 0.5) is 0 Å². The van der Waals surface area contributed by atoms with Crippen molar-refractivity contribution in [3.8, 4) is 0 Å². The van der Waals surface area contributed by atoms with Gasteiger partial charge in [0.15, 0.2) is 0 Å². The molecule has 1 aliphatic rings. The highest BCUT2D eigenvalue weighted by atomic mass is 16.5. The average Bonchev–Trinajstić information content (AvgIpc) is 2.55. The molecule has 0 amide bonds. The first-order valence-electron chi connectivity index (χ1n) is 4.75. The minimum Gasteiger partial charge on any atom is -0.463 e. The van der Waals surface area contributed by atoms with E-state index in [1.54, 1.807) is 0 Å². The molecule has 1 unspecified atom stereocenters. The van der Waals surface area contributed by atoms with Crippen LogP contribution >= 0.6 is 0 Å². The molecule has 4 heteroatoms. The second kappa shape index (κ2) is 5.19. The number of nitrogens with one attached hydrogen (secondary N) is 1. The zero-order valence-corrected chi connectivity index (χ0v) is 8.38. The Hall–Kier alpha value is -0.610. The summed E-state index contributed by atoms with van der Waals surface area (Å²) in [6.45, 7) is 2.22. The smallest absolute Gasteiger partial charge is 0.323 e. The molecule has 0 aromatic heterocycles. The Balaban J connectivity index is 2.10. The van der Waals surface area contributed by atoms with E-state index in [0.717, 1.165) is 25.9 Å². The van der Waals surface area contributed by atoms with Gasteiger partial charge in [-0.3, -0.25) is 4.79 Å².